The zero-order chi connectivity index (χ0) is 9.82. The summed E-state index contributed by atoms with van der Waals surface area (Å²) in [5.41, 5.74) is 0. The van der Waals surface area contributed by atoms with Crippen LogP contribution in [-0.2, 0) is 9.47 Å². The largest absolute Gasteiger partial charge is 0.502 e. The Morgan fingerprint density at radius 3 is 1.92 bits per heavy atom. The molecular formula is C10H20O2. The minimum atomic E-state index is 0.280. The molecule has 0 heterocycles. The van der Waals surface area contributed by atoms with Crippen LogP contribution < -0.4 is 0 Å². The van der Waals surface area contributed by atoms with E-state index < -0.39 is 0 Å². The third-order valence-electron chi connectivity index (χ3n) is 0.808. The van der Waals surface area contributed by atoms with Crippen LogP contribution in [0.3, 0.4) is 0 Å². The van der Waals surface area contributed by atoms with Crippen molar-refractivity contribution >= 4 is 0 Å². The molecule has 0 rings (SSSR count). The first-order valence-corrected chi connectivity index (χ1v) is 4.17. The van der Waals surface area contributed by atoms with Crippen LogP contribution in [0.4, 0.5) is 0 Å². The molecule has 0 aromatic carbocycles. The third-order valence-corrected chi connectivity index (χ3v) is 0.808. The van der Waals surface area contributed by atoms with Gasteiger partial charge in [0.05, 0.1) is 25.2 Å². The highest BCUT2D eigenvalue weighted by Crippen LogP contribution is 1.83. The molecule has 0 unspecified atom stereocenters. The molecule has 0 radical (unpaired) electrons. The second-order valence-corrected chi connectivity index (χ2v) is 2.39. The van der Waals surface area contributed by atoms with Gasteiger partial charge in [-0.25, -0.2) is 0 Å². The number of hydrogen-bond donors (Lipinski definition) is 0. The Kier molecular flexibility index (Phi) is 14.5. The average Bonchev–Trinajstić information content (AvgIpc) is 2.02. The minimum Gasteiger partial charge on any atom is -0.502 e. The molecule has 0 aliphatic heterocycles. The van der Waals surface area contributed by atoms with Crippen molar-refractivity contribution in [2.45, 2.75) is 33.3 Å². The van der Waals surface area contributed by atoms with Crippen molar-refractivity contribution in [2.24, 2.45) is 0 Å². The van der Waals surface area contributed by atoms with Gasteiger partial charge >= 0.3 is 0 Å². The van der Waals surface area contributed by atoms with Crippen LogP contribution in [0.2, 0.25) is 0 Å². The van der Waals surface area contributed by atoms with E-state index in [0.717, 1.165) is 13.0 Å². The fourth-order valence-corrected chi connectivity index (χ4v) is 0.394. The van der Waals surface area contributed by atoms with Crippen molar-refractivity contribution < 1.29 is 9.47 Å². The van der Waals surface area contributed by atoms with Crippen molar-refractivity contribution in [1.29, 1.82) is 0 Å². The summed E-state index contributed by atoms with van der Waals surface area (Å²) in [4.78, 5) is 0. The van der Waals surface area contributed by atoms with E-state index in [2.05, 4.69) is 20.1 Å². The molecule has 0 amide bonds. The smallest absolute Gasteiger partial charge is 0.0922 e. The molecular weight excluding hydrogens is 152 g/mol. The van der Waals surface area contributed by atoms with E-state index in [1.54, 1.807) is 0 Å². The molecule has 2 heteroatoms. The number of ether oxygens (including phenoxy) is 2. The van der Waals surface area contributed by atoms with Gasteiger partial charge in [0.2, 0.25) is 0 Å². The molecule has 12 heavy (non-hydrogen) atoms. The summed E-state index contributed by atoms with van der Waals surface area (Å²) >= 11 is 0. The summed E-state index contributed by atoms with van der Waals surface area (Å²) in [6, 6.07) is 0. The lowest BCUT2D eigenvalue weighted by molar-refractivity contribution is 0.180. The molecule has 0 saturated carbocycles. The van der Waals surface area contributed by atoms with Crippen molar-refractivity contribution in [1.82, 2.24) is 0 Å². The van der Waals surface area contributed by atoms with Crippen LogP contribution in [0.15, 0.2) is 25.7 Å². The Morgan fingerprint density at radius 2 is 1.83 bits per heavy atom. The Hall–Kier alpha value is -0.920. The molecule has 0 spiro atoms. The van der Waals surface area contributed by atoms with Crippen LogP contribution in [0.25, 0.3) is 0 Å². The van der Waals surface area contributed by atoms with Gasteiger partial charge in [0, 0.05) is 0 Å². The molecule has 0 atom stereocenters. The predicted molar refractivity (Wildman–Crippen MR) is 52.9 cm³/mol. The molecule has 0 aromatic rings. The first kappa shape index (κ1) is 13.7. The maximum Gasteiger partial charge on any atom is 0.0922 e. The number of hydrogen-bond acceptors (Lipinski definition) is 2. The third kappa shape index (κ3) is 23.0. The van der Waals surface area contributed by atoms with E-state index >= 15 is 0 Å². The lowest BCUT2D eigenvalue weighted by Crippen LogP contribution is -1.93. The van der Waals surface area contributed by atoms with Crippen molar-refractivity contribution in [3.05, 3.63) is 25.7 Å². The van der Waals surface area contributed by atoms with Gasteiger partial charge in [-0.15, -0.1) is 0 Å². The molecule has 0 saturated heterocycles. The fraction of sp³-hybridized carbons (Fsp3) is 0.600. The maximum atomic E-state index is 4.81. The lowest BCUT2D eigenvalue weighted by atomic mass is 10.5. The maximum absolute atomic E-state index is 4.81. The summed E-state index contributed by atoms with van der Waals surface area (Å²) in [5, 5.41) is 0. The summed E-state index contributed by atoms with van der Waals surface area (Å²) < 4.78 is 9.55. The molecule has 0 fully saturated rings. The van der Waals surface area contributed by atoms with E-state index in [-0.39, 0.29) is 6.10 Å². The monoisotopic (exact) mass is 172 g/mol. The average molecular weight is 172 g/mol. The summed E-state index contributed by atoms with van der Waals surface area (Å²) in [5.74, 6) is 0. The van der Waals surface area contributed by atoms with Gasteiger partial charge in [0.25, 0.3) is 0 Å². The molecule has 0 aliphatic carbocycles. The van der Waals surface area contributed by atoms with Gasteiger partial charge in [-0.3, -0.25) is 0 Å². The predicted octanol–water partition coefficient (Wildman–Crippen LogP) is 3.11. The van der Waals surface area contributed by atoms with Gasteiger partial charge in [-0.2, -0.15) is 0 Å². The molecule has 72 valence electrons. The highest BCUT2D eigenvalue weighted by atomic mass is 16.5. The Balaban J connectivity index is 0. The standard InChI is InChI=1S/2C5H10O/c1-4-6-5(2)3;1-3-5-6-4-2/h4-5H,1H2,2-3H3;4H,2-3,5H2,1H3. The minimum absolute atomic E-state index is 0.280. The molecule has 2 nitrogen and oxygen atoms in total. The van der Waals surface area contributed by atoms with E-state index in [9.17, 15) is 0 Å². The highest BCUT2D eigenvalue weighted by Gasteiger charge is 1.81. The second kappa shape index (κ2) is 12.7. The van der Waals surface area contributed by atoms with Crippen molar-refractivity contribution in [3.63, 3.8) is 0 Å². The van der Waals surface area contributed by atoms with Gasteiger partial charge in [-0.05, 0) is 20.3 Å². The van der Waals surface area contributed by atoms with Gasteiger partial charge in [0.1, 0.15) is 0 Å². The fourth-order valence-electron chi connectivity index (χ4n) is 0.394. The summed E-state index contributed by atoms with van der Waals surface area (Å²) in [6.07, 6.45) is 4.25. The van der Waals surface area contributed by atoms with Gasteiger partial charge < -0.3 is 9.47 Å². The van der Waals surface area contributed by atoms with E-state index in [1.165, 1.54) is 12.5 Å². The van der Waals surface area contributed by atoms with Crippen molar-refractivity contribution in [3.8, 4) is 0 Å². The zero-order valence-corrected chi connectivity index (χ0v) is 8.38. The van der Waals surface area contributed by atoms with Crippen LogP contribution in [0.1, 0.15) is 27.2 Å². The zero-order valence-electron chi connectivity index (χ0n) is 8.38. The van der Waals surface area contributed by atoms with Crippen LogP contribution >= 0.6 is 0 Å². The normalized spacial score (nSPS) is 8.00. The molecule has 0 N–H and O–H groups in total. The Labute approximate surface area is 75.9 Å². The highest BCUT2D eigenvalue weighted by molar-refractivity contribution is 4.50. The first-order chi connectivity index (χ1) is 5.68. The lowest BCUT2D eigenvalue weighted by Gasteiger charge is -1.99. The topological polar surface area (TPSA) is 18.5 Å². The van der Waals surface area contributed by atoms with Crippen LogP contribution in [-0.4, -0.2) is 12.7 Å². The summed E-state index contributed by atoms with van der Waals surface area (Å²) in [6.45, 7) is 13.5. The Bertz CT molecular complexity index is 98.0. The Morgan fingerprint density at radius 1 is 1.25 bits per heavy atom. The SMILES string of the molecule is C=COC(C)C.C=COCCC. The van der Waals surface area contributed by atoms with Gasteiger partial charge in [-0.1, -0.05) is 20.1 Å². The first-order valence-electron chi connectivity index (χ1n) is 4.17. The van der Waals surface area contributed by atoms with Crippen LogP contribution in [0.5, 0.6) is 0 Å². The summed E-state index contributed by atoms with van der Waals surface area (Å²) in [7, 11) is 0. The van der Waals surface area contributed by atoms with E-state index in [4.69, 9.17) is 9.47 Å². The van der Waals surface area contributed by atoms with Crippen molar-refractivity contribution in [2.75, 3.05) is 6.61 Å². The van der Waals surface area contributed by atoms with Crippen LogP contribution in [0, 0.1) is 0 Å². The van der Waals surface area contributed by atoms with E-state index in [1.807, 2.05) is 13.8 Å². The quantitative estimate of drug-likeness (QED) is 0.468. The molecule has 0 aromatic heterocycles. The molecule has 0 bridgehead atoms. The van der Waals surface area contributed by atoms with E-state index in [0.29, 0.717) is 0 Å². The second-order valence-electron chi connectivity index (χ2n) is 2.39. The van der Waals surface area contributed by atoms with Gasteiger partial charge in [0.15, 0.2) is 0 Å². The number of rotatable bonds is 5. The molecule has 0 aliphatic rings.